The summed E-state index contributed by atoms with van der Waals surface area (Å²) in [6.07, 6.45) is 48.1. The molecule has 0 spiro atoms. The summed E-state index contributed by atoms with van der Waals surface area (Å²) >= 11 is 0. The monoisotopic (exact) mass is 743 g/mol. The van der Waals surface area contributed by atoms with Gasteiger partial charge in [0.2, 0.25) is 0 Å². The largest absolute Gasteiger partial charge is 0.462 e. The zero-order chi connectivity index (χ0) is 38.7. The van der Waals surface area contributed by atoms with Gasteiger partial charge in [-0.3, -0.25) is 14.4 Å². The van der Waals surface area contributed by atoms with Crippen LogP contribution in [0.4, 0.5) is 0 Å². The van der Waals surface area contributed by atoms with Crippen LogP contribution >= 0.6 is 0 Å². The van der Waals surface area contributed by atoms with Crippen LogP contribution in [-0.2, 0) is 28.6 Å². The lowest BCUT2D eigenvalue weighted by molar-refractivity contribution is -0.167. The Labute approximate surface area is 327 Å². The third-order valence-corrected chi connectivity index (χ3v) is 9.30. The number of allylic oxidation sites excluding steroid dienone is 8. The lowest BCUT2D eigenvalue weighted by Crippen LogP contribution is -2.30. The molecule has 0 radical (unpaired) electrons. The standard InChI is InChI=1S/C47H82O6/c1-4-7-10-13-16-19-22-23-26-28-31-34-37-40-46(49)52-43-44(53-47(50)41-38-35-32-29-25-21-18-15-12-9-6-3)42-51-45(48)39-36-33-30-27-24-20-17-14-11-8-5-2/h14-15,17-18,21,23,25-26,44H,4-13,16,19-20,22,24,27-43H2,1-3H3/b17-14-,18-15-,25-21-,26-23-. The summed E-state index contributed by atoms with van der Waals surface area (Å²) in [4.78, 5) is 37.6. The van der Waals surface area contributed by atoms with Crippen LogP contribution in [0.2, 0.25) is 0 Å². The van der Waals surface area contributed by atoms with Crippen molar-refractivity contribution in [1.29, 1.82) is 0 Å². The fourth-order valence-corrected chi connectivity index (χ4v) is 5.86. The van der Waals surface area contributed by atoms with Crippen molar-refractivity contribution in [3.05, 3.63) is 48.6 Å². The lowest BCUT2D eigenvalue weighted by Gasteiger charge is -2.18. The molecule has 0 bridgehead atoms. The number of hydrogen-bond acceptors (Lipinski definition) is 6. The normalized spacial score (nSPS) is 12.4. The topological polar surface area (TPSA) is 78.9 Å². The molecule has 0 N–H and O–H groups in total. The van der Waals surface area contributed by atoms with Gasteiger partial charge >= 0.3 is 17.9 Å². The SMILES string of the molecule is CCCC/C=C\C=C/CCCCCC(=O)OC(COC(=O)CCCCC/C=C\CCCCCCCC)COC(=O)CCCCCCC/C=C\CCCC. The summed E-state index contributed by atoms with van der Waals surface area (Å²) in [6.45, 7) is 6.47. The van der Waals surface area contributed by atoms with Gasteiger partial charge in [0, 0.05) is 19.3 Å². The Morgan fingerprint density at radius 1 is 0.377 bits per heavy atom. The van der Waals surface area contributed by atoms with Crippen LogP contribution in [0.1, 0.15) is 213 Å². The maximum absolute atomic E-state index is 12.7. The molecule has 53 heavy (non-hydrogen) atoms. The molecule has 0 aromatic carbocycles. The molecule has 1 unspecified atom stereocenters. The Balaban J connectivity index is 4.44. The van der Waals surface area contributed by atoms with E-state index in [0.717, 1.165) is 89.9 Å². The first-order valence-electron chi connectivity index (χ1n) is 22.2. The number of carbonyl (C=O) groups excluding carboxylic acids is 3. The van der Waals surface area contributed by atoms with E-state index >= 15 is 0 Å². The summed E-state index contributed by atoms with van der Waals surface area (Å²) in [5.74, 6) is -0.951. The van der Waals surface area contributed by atoms with E-state index < -0.39 is 6.10 Å². The number of unbranched alkanes of at least 4 members (excludes halogenated alkanes) is 21. The zero-order valence-corrected chi connectivity index (χ0v) is 34.8. The first-order chi connectivity index (χ1) is 26.0. The van der Waals surface area contributed by atoms with Gasteiger partial charge in [-0.15, -0.1) is 0 Å². The van der Waals surface area contributed by atoms with Crippen molar-refractivity contribution in [2.75, 3.05) is 13.2 Å². The Morgan fingerprint density at radius 2 is 0.698 bits per heavy atom. The maximum Gasteiger partial charge on any atom is 0.306 e. The van der Waals surface area contributed by atoms with Crippen molar-refractivity contribution >= 4 is 17.9 Å². The number of esters is 3. The summed E-state index contributed by atoms with van der Waals surface area (Å²) in [7, 11) is 0. The predicted octanol–water partition coefficient (Wildman–Crippen LogP) is 14.0. The highest BCUT2D eigenvalue weighted by Crippen LogP contribution is 2.12. The van der Waals surface area contributed by atoms with Gasteiger partial charge in [-0.05, 0) is 83.5 Å². The predicted molar refractivity (Wildman–Crippen MR) is 224 cm³/mol. The minimum absolute atomic E-state index is 0.0934. The molecule has 0 heterocycles. The Morgan fingerprint density at radius 3 is 1.15 bits per heavy atom. The van der Waals surface area contributed by atoms with Crippen LogP contribution in [0.3, 0.4) is 0 Å². The van der Waals surface area contributed by atoms with Crippen molar-refractivity contribution in [1.82, 2.24) is 0 Å². The van der Waals surface area contributed by atoms with E-state index in [2.05, 4.69) is 69.4 Å². The highest BCUT2D eigenvalue weighted by Gasteiger charge is 2.19. The van der Waals surface area contributed by atoms with E-state index in [0.29, 0.717) is 19.3 Å². The third-order valence-electron chi connectivity index (χ3n) is 9.30. The molecule has 0 aromatic heterocycles. The number of carbonyl (C=O) groups is 3. The minimum Gasteiger partial charge on any atom is -0.462 e. The fraction of sp³-hybridized carbons (Fsp3) is 0.766. The van der Waals surface area contributed by atoms with Crippen LogP contribution in [0.25, 0.3) is 0 Å². The number of ether oxygens (including phenoxy) is 3. The number of hydrogen-bond donors (Lipinski definition) is 0. The van der Waals surface area contributed by atoms with Crippen LogP contribution in [0.15, 0.2) is 48.6 Å². The van der Waals surface area contributed by atoms with Crippen LogP contribution in [0, 0.1) is 0 Å². The summed E-state index contributed by atoms with van der Waals surface area (Å²) < 4.78 is 16.6. The molecular weight excluding hydrogens is 661 g/mol. The summed E-state index contributed by atoms with van der Waals surface area (Å²) in [6, 6.07) is 0. The highest BCUT2D eigenvalue weighted by atomic mass is 16.6. The highest BCUT2D eigenvalue weighted by molar-refractivity contribution is 5.71. The van der Waals surface area contributed by atoms with Gasteiger partial charge in [0.25, 0.3) is 0 Å². The van der Waals surface area contributed by atoms with Crippen molar-refractivity contribution in [3.63, 3.8) is 0 Å². The molecule has 0 rings (SSSR count). The molecule has 6 heteroatoms. The molecule has 0 fully saturated rings. The van der Waals surface area contributed by atoms with Gasteiger partial charge in [-0.2, -0.15) is 0 Å². The van der Waals surface area contributed by atoms with E-state index in [1.54, 1.807) is 0 Å². The van der Waals surface area contributed by atoms with E-state index in [1.807, 2.05) is 0 Å². The molecule has 0 saturated carbocycles. The molecule has 0 saturated heterocycles. The fourth-order valence-electron chi connectivity index (χ4n) is 5.86. The molecule has 1 atom stereocenters. The van der Waals surface area contributed by atoms with Gasteiger partial charge in [0.1, 0.15) is 13.2 Å². The van der Waals surface area contributed by atoms with E-state index in [-0.39, 0.29) is 31.1 Å². The van der Waals surface area contributed by atoms with E-state index in [4.69, 9.17) is 14.2 Å². The van der Waals surface area contributed by atoms with Crippen molar-refractivity contribution in [2.45, 2.75) is 219 Å². The van der Waals surface area contributed by atoms with Gasteiger partial charge in [-0.1, -0.05) is 159 Å². The first kappa shape index (κ1) is 50.4. The molecule has 0 amide bonds. The van der Waals surface area contributed by atoms with Crippen molar-refractivity contribution in [2.24, 2.45) is 0 Å². The van der Waals surface area contributed by atoms with Crippen LogP contribution < -0.4 is 0 Å². The average molecular weight is 743 g/mol. The second kappa shape index (κ2) is 42.1. The Bertz CT molecular complexity index is 949. The molecule has 306 valence electrons. The molecule has 0 aliphatic heterocycles. The third kappa shape index (κ3) is 40.4. The van der Waals surface area contributed by atoms with Gasteiger partial charge in [0.05, 0.1) is 0 Å². The second-order valence-electron chi connectivity index (χ2n) is 14.6. The van der Waals surface area contributed by atoms with Gasteiger partial charge < -0.3 is 14.2 Å². The molecule has 0 aromatic rings. The average Bonchev–Trinajstić information content (AvgIpc) is 3.15. The molecule has 0 aliphatic carbocycles. The van der Waals surface area contributed by atoms with Crippen molar-refractivity contribution in [3.8, 4) is 0 Å². The van der Waals surface area contributed by atoms with E-state index in [9.17, 15) is 14.4 Å². The molecule has 6 nitrogen and oxygen atoms in total. The number of rotatable bonds is 39. The summed E-state index contributed by atoms with van der Waals surface area (Å²) in [5, 5.41) is 0. The zero-order valence-electron chi connectivity index (χ0n) is 34.8. The molecule has 0 aliphatic rings. The minimum atomic E-state index is -0.792. The van der Waals surface area contributed by atoms with Gasteiger partial charge in [0.15, 0.2) is 6.10 Å². The van der Waals surface area contributed by atoms with Gasteiger partial charge in [-0.25, -0.2) is 0 Å². The van der Waals surface area contributed by atoms with Crippen LogP contribution in [-0.4, -0.2) is 37.2 Å². The quantitative estimate of drug-likeness (QED) is 0.0205. The maximum atomic E-state index is 12.7. The Hall–Kier alpha value is -2.63. The first-order valence-corrected chi connectivity index (χ1v) is 22.2. The lowest BCUT2D eigenvalue weighted by atomic mass is 10.1. The second-order valence-corrected chi connectivity index (χ2v) is 14.6. The Kier molecular flexibility index (Phi) is 40.0. The smallest absolute Gasteiger partial charge is 0.306 e. The van der Waals surface area contributed by atoms with Crippen LogP contribution in [0.5, 0.6) is 0 Å². The van der Waals surface area contributed by atoms with E-state index in [1.165, 1.54) is 83.5 Å². The summed E-state index contributed by atoms with van der Waals surface area (Å²) in [5.41, 5.74) is 0. The molecular formula is C47H82O6. The van der Waals surface area contributed by atoms with Crippen molar-refractivity contribution < 1.29 is 28.6 Å².